The highest BCUT2D eigenvalue weighted by molar-refractivity contribution is 5.67. The molecule has 1 atom stereocenters. The van der Waals surface area contributed by atoms with Crippen molar-refractivity contribution in [1.29, 1.82) is 0 Å². The highest BCUT2D eigenvalue weighted by Gasteiger charge is 2.15. The largest absolute Gasteiger partial charge is 0.508 e. The quantitative estimate of drug-likeness (QED) is 0.808. The predicted octanol–water partition coefficient (Wildman–Crippen LogP) is 1.12. The predicted molar refractivity (Wildman–Crippen MR) is 58.1 cm³/mol. The molecule has 0 heterocycles. The monoisotopic (exact) mass is 225 g/mol. The summed E-state index contributed by atoms with van der Waals surface area (Å²) in [7, 11) is 2.80. The number of carbonyl (C=O) groups excluding carboxylic acids is 1. The minimum absolute atomic E-state index is 0.0808. The number of carbonyl (C=O) groups is 1. The molecule has 0 radical (unpaired) electrons. The first-order valence-corrected chi connectivity index (χ1v) is 4.80. The molecule has 0 aliphatic rings. The Bertz CT molecular complexity index is 367. The molecule has 1 rings (SSSR count). The van der Waals surface area contributed by atoms with Gasteiger partial charge in [0.15, 0.2) is 0 Å². The highest BCUT2D eigenvalue weighted by Crippen LogP contribution is 2.18. The summed E-state index contributed by atoms with van der Waals surface area (Å²) in [6, 6.07) is 6.28. The first-order valence-electron chi connectivity index (χ1n) is 4.80. The molecule has 0 aromatic heterocycles. The number of aliphatic hydroxyl groups excluding tert-OH is 1. The second-order valence-electron chi connectivity index (χ2n) is 3.46. The van der Waals surface area contributed by atoms with Crippen LogP contribution in [0.4, 0.5) is 4.79 Å². The number of ether oxygens (including phenoxy) is 1. The third kappa shape index (κ3) is 3.13. The van der Waals surface area contributed by atoms with Crippen molar-refractivity contribution in [1.82, 2.24) is 4.90 Å². The smallest absolute Gasteiger partial charge is 0.409 e. The molecule has 88 valence electrons. The number of aliphatic hydroxyl groups is 1. The van der Waals surface area contributed by atoms with Crippen LogP contribution >= 0.6 is 0 Å². The lowest BCUT2D eigenvalue weighted by Gasteiger charge is -2.19. The van der Waals surface area contributed by atoms with Crippen molar-refractivity contribution >= 4 is 6.09 Å². The van der Waals surface area contributed by atoms with Crippen molar-refractivity contribution in [2.24, 2.45) is 0 Å². The topological polar surface area (TPSA) is 70.0 Å². The zero-order chi connectivity index (χ0) is 12.1. The minimum Gasteiger partial charge on any atom is -0.508 e. The third-order valence-electron chi connectivity index (χ3n) is 2.19. The Morgan fingerprint density at radius 2 is 2.25 bits per heavy atom. The van der Waals surface area contributed by atoms with Gasteiger partial charge >= 0.3 is 6.09 Å². The van der Waals surface area contributed by atoms with Crippen LogP contribution in [0.3, 0.4) is 0 Å². The summed E-state index contributed by atoms with van der Waals surface area (Å²) in [6.45, 7) is 0.107. The molecule has 0 fully saturated rings. The van der Waals surface area contributed by atoms with E-state index in [1.807, 2.05) is 0 Å². The molecule has 16 heavy (non-hydrogen) atoms. The van der Waals surface area contributed by atoms with Gasteiger partial charge < -0.3 is 19.8 Å². The van der Waals surface area contributed by atoms with Crippen molar-refractivity contribution < 1.29 is 19.7 Å². The van der Waals surface area contributed by atoms with Gasteiger partial charge in [0.25, 0.3) is 0 Å². The fourth-order valence-electron chi connectivity index (χ4n) is 1.33. The van der Waals surface area contributed by atoms with E-state index in [1.165, 1.54) is 31.2 Å². The molecule has 0 saturated carbocycles. The van der Waals surface area contributed by atoms with Crippen LogP contribution in [0.1, 0.15) is 11.7 Å². The van der Waals surface area contributed by atoms with Crippen LogP contribution in [-0.2, 0) is 4.74 Å². The number of likely N-dealkylation sites (N-methyl/N-ethyl adjacent to an activating group) is 1. The first-order chi connectivity index (χ1) is 7.54. The van der Waals surface area contributed by atoms with E-state index in [9.17, 15) is 15.0 Å². The van der Waals surface area contributed by atoms with Gasteiger partial charge in [-0.15, -0.1) is 0 Å². The van der Waals surface area contributed by atoms with E-state index in [1.54, 1.807) is 12.1 Å². The van der Waals surface area contributed by atoms with Gasteiger partial charge in [0.2, 0.25) is 0 Å². The van der Waals surface area contributed by atoms with Crippen LogP contribution in [0.25, 0.3) is 0 Å². The maximum absolute atomic E-state index is 11.1. The summed E-state index contributed by atoms with van der Waals surface area (Å²) in [5.41, 5.74) is 0.552. The van der Waals surface area contributed by atoms with Crippen molar-refractivity contribution in [2.45, 2.75) is 6.10 Å². The molecule has 1 aromatic carbocycles. The van der Waals surface area contributed by atoms with E-state index in [-0.39, 0.29) is 12.3 Å². The van der Waals surface area contributed by atoms with Gasteiger partial charge in [-0.1, -0.05) is 12.1 Å². The summed E-state index contributed by atoms with van der Waals surface area (Å²) in [4.78, 5) is 12.3. The summed E-state index contributed by atoms with van der Waals surface area (Å²) >= 11 is 0. The van der Waals surface area contributed by atoms with Crippen LogP contribution in [-0.4, -0.2) is 41.9 Å². The third-order valence-corrected chi connectivity index (χ3v) is 2.19. The molecule has 0 bridgehead atoms. The second-order valence-corrected chi connectivity index (χ2v) is 3.46. The number of amides is 1. The Labute approximate surface area is 93.9 Å². The molecule has 1 aromatic rings. The molecule has 0 spiro atoms. The van der Waals surface area contributed by atoms with Gasteiger partial charge in [-0.25, -0.2) is 4.79 Å². The normalized spacial score (nSPS) is 11.9. The van der Waals surface area contributed by atoms with Crippen LogP contribution in [0.5, 0.6) is 5.75 Å². The number of benzene rings is 1. The molecular weight excluding hydrogens is 210 g/mol. The number of phenolic OH excluding ortho intramolecular Hbond substituents is 1. The molecule has 5 heteroatoms. The maximum atomic E-state index is 11.1. The van der Waals surface area contributed by atoms with E-state index in [4.69, 9.17) is 0 Å². The molecule has 0 aliphatic heterocycles. The van der Waals surface area contributed by atoms with Gasteiger partial charge in [-0.05, 0) is 17.7 Å². The zero-order valence-electron chi connectivity index (χ0n) is 9.25. The second kappa shape index (κ2) is 5.37. The lowest BCUT2D eigenvalue weighted by molar-refractivity contribution is 0.0964. The summed E-state index contributed by atoms with van der Waals surface area (Å²) in [5, 5.41) is 19.0. The van der Waals surface area contributed by atoms with E-state index < -0.39 is 12.2 Å². The van der Waals surface area contributed by atoms with E-state index in [2.05, 4.69) is 4.74 Å². The van der Waals surface area contributed by atoms with E-state index in [0.29, 0.717) is 5.56 Å². The van der Waals surface area contributed by atoms with Gasteiger partial charge in [0, 0.05) is 7.05 Å². The zero-order valence-corrected chi connectivity index (χ0v) is 9.25. The summed E-state index contributed by atoms with van der Waals surface area (Å²) in [6.07, 6.45) is -1.37. The number of hydrogen-bond acceptors (Lipinski definition) is 4. The number of aromatic hydroxyl groups is 1. The Morgan fingerprint density at radius 3 is 2.81 bits per heavy atom. The number of nitrogens with zero attached hydrogens (tertiary/aromatic N) is 1. The average Bonchev–Trinajstić information content (AvgIpc) is 2.27. The molecule has 0 saturated heterocycles. The average molecular weight is 225 g/mol. The first kappa shape index (κ1) is 12.3. The van der Waals surface area contributed by atoms with Crippen LogP contribution < -0.4 is 0 Å². The van der Waals surface area contributed by atoms with Gasteiger partial charge in [0.1, 0.15) is 5.75 Å². The Balaban J connectivity index is 2.65. The fourth-order valence-corrected chi connectivity index (χ4v) is 1.33. The molecule has 2 N–H and O–H groups in total. The van der Waals surface area contributed by atoms with E-state index in [0.717, 1.165) is 0 Å². The van der Waals surface area contributed by atoms with Crippen LogP contribution in [0.2, 0.25) is 0 Å². The number of methoxy groups -OCH3 is 1. The van der Waals surface area contributed by atoms with Crippen molar-refractivity contribution in [3.8, 4) is 5.75 Å². The van der Waals surface area contributed by atoms with Gasteiger partial charge in [0.05, 0.1) is 19.8 Å². The van der Waals surface area contributed by atoms with Gasteiger partial charge in [-0.3, -0.25) is 0 Å². The number of rotatable bonds is 3. The number of hydrogen-bond donors (Lipinski definition) is 2. The van der Waals surface area contributed by atoms with Crippen molar-refractivity contribution in [3.05, 3.63) is 29.8 Å². The number of phenols is 1. The standard InChI is InChI=1S/C11H15NO4/c1-12(11(15)16-2)7-10(14)8-4-3-5-9(13)6-8/h3-6,10,13-14H,7H2,1-2H3. The van der Waals surface area contributed by atoms with E-state index >= 15 is 0 Å². The summed E-state index contributed by atoms with van der Waals surface area (Å²) < 4.78 is 4.50. The summed E-state index contributed by atoms with van der Waals surface area (Å²) in [5.74, 6) is 0.0808. The lowest BCUT2D eigenvalue weighted by atomic mass is 10.1. The van der Waals surface area contributed by atoms with Crippen LogP contribution in [0, 0.1) is 0 Å². The minimum atomic E-state index is -0.851. The fraction of sp³-hybridized carbons (Fsp3) is 0.364. The Kier molecular flexibility index (Phi) is 4.13. The Hall–Kier alpha value is -1.75. The Morgan fingerprint density at radius 1 is 1.56 bits per heavy atom. The molecule has 0 aliphatic carbocycles. The van der Waals surface area contributed by atoms with Crippen molar-refractivity contribution in [2.75, 3.05) is 20.7 Å². The maximum Gasteiger partial charge on any atom is 0.409 e. The van der Waals surface area contributed by atoms with Crippen LogP contribution in [0.15, 0.2) is 24.3 Å². The SMILES string of the molecule is COC(=O)N(C)CC(O)c1cccc(O)c1. The lowest BCUT2D eigenvalue weighted by Crippen LogP contribution is -2.30. The van der Waals surface area contributed by atoms with Gasteiger partial charge in [-0.2, -0.15) is 0 Å². The highest BCUT2D eigenvalue weighted by atomic mass is 16.5. The molecule has 1 amide bonds. The molecule has 1 unspecified atom stereocenters. The van der Waals surface area contributed by atoms with Crippen molar-refractivity contribution in [3.63, 3.8) is 0 Å². The molecule has 5 nitrogen and oxygen atoms in total. The molecular formula is C11H15NO4.